The normalized spacial score (nSPS) is 22.3. The quantitative estimate of drug-likeness (QED) is 0.699. The highest BCUT2D eigenvalue weighted by molar-refractivity contribution is 5.78. The van der Waals surface area contributed by atoms with E-state index in [9.17, 15) is 15.0 Å². The molecule has 0 radical (unpaired) electrons. The molecule has 0 saturated carbocycles. The zero-order valence-electron chi connectivity index (χ0n) is 15.4. The number of hydrogen-bond acceptors (Lipinski definition) is 7. The molecule has 3 N–H and O–H groups in total. The number of carboxylic acid groups (broad SMARTS) is 1. The van der Waals surface area contributed by atoms with Crippen LogP contribution in [0.2, 0.25) is 0 Å². The van der Waals surface area contributed by atoms with Gasteiger partial charge in [-0.05, 0) is 30.5 Å². The van der Waals surface area contributed by atoms with Crippen LogP contribution in [-0.2, 0) is 11.2 Å². The Morgan fingerprint density at radius 3 is 2.89 bits per heavy atom. The Bertz CT molecular complexity index is 816. The molecule has 1 aromatic heterocycles. The van der Waals surface area contributed by atoms with E-state index in [0.29, 0.717) is 30.4 Å². The van der Waals surface area contributed by atoms with Gasteiger partial charge in [0.15, 0.2) is 11.6 Å². The molecule has 2 atom stereocenters. The molecule has 144 valence electrons. The van der Waals surface area contributed by atoms with Gasteiger partial charge in [0.05, 0.1) is 13.2 Å². The average molecular weight is 372 g/mol. The topological polar surface area (TPSA) is 108 Å². The van der Waals surface area contributed by atoms with Crippen molar-refractivity contribution in [1.82, 2.24) is 9.97 Å². The molecule has 0 bridgehead atoms. The SMILES string of the molecule is CNc1nccnc1N1CC[C@H](O)[C@](Cc2cccc(OC)c2)(C(=O)O)C1. The van der Waals surface area contributed by atoms with Gasteiger partial charge in [-0.15, -0.1) is 0 Å². The number of ether oxygens (including phenoxy) is 1. The number of aliphatic hydroxyl groups is 1. The number of hydrogen-bond donors (Lipinski definition) is 3. The molecule has 1 saturated heterocycles. The third-order valence-corrected chi connectivity index (χ3v) is 5.08. The number of piperidine rings is 1. The number of nitrogens with zero attached hydrogens (tertiary/aromatic N) is 3. The fourth-order valence-electron chi connectivity index (χ4n) is 3.60. The summed E-state index contributed by atoms with van der Waals surface area (Å²) in [6.45, 7) is 0.635. The van der Waals surface area contributed by atoms with Crippen molar-refractivity contribution < 1.29 is 19.7 Å². The maximum Gasteiger partial charge on any atom is 0.314 e. The molecule has 27 heavy (non-hydrogen) atoms. The molecule has 0 amide bonds. The number of carbonyl (C=O) groups is 1. The zero-order chi connectivity index (χ0) is 19.4. The molecule has 2 aromatic rings. The van der Waals surface area contributed by atoms with Crippen molar-refractivity contribution in [3.63, 3.8) is 0 Å². The van der Waals surface area contributed by atoms with Gasteiger partial charge in [0, 0.05) is 32.5 Å². The molecule has 8 nitrogen and oxygen atoms in total. The van der Waals surface area contributed by atoms with E-state index in [-0.39, 0.29) is 13.0 Å². The third-order valence-electron chi connectivity index (χ3n) is 5.08. The van der Waals surface area contributed by atoms with E-state index in [1.54, 1.807) is 38.7 Å². The van der Waals surface area contributed by atoms with Crippen LogP contribution in [0.3, 0.4) is 0 Å². The lowest BCUT2D eigenvalue weighted by atomic mass is 9.73. The number of methoxy groups -OCH3 is 1. The Kier molecular flexibility index (Phi) is 5.46. The second kappa shape index (κ2) is 7.79. The summed E-state index contributed by atoms with van der Waals surface area (Å²) >= 11 is 0. The largest absolute Gasteiger partial charge is 0.497 e. The van der Waals surface area contributed by atoms with Crippen molar-refractivity contribution in [2.45, 2.75) is 18.9 Å². The van der Waals surface area contributed by atoms with Crippen LogP contribution in [0.5, 0.6) is 5.75 Å². The van der Waals surface area contributed by atoms with Crippen molar-refractivity contribution in [3.05, 3.63) is 42.2 Å². The van der Waals surface area contributed by atoms with E-state index in [0.717, 1.165) is 5.56 Å². The number of aromatic nitrogens is 2. The summed E-state index contributed by atoms with van der Waals surface area (Å²) in [5.74, 6) is 0.789. The second-order valence-corrected chi connectivity index (χ2v) is 6.69. The fraction of sp³-hybridized carbons (Fsp3) is 0.421. The van der Waals surface area contributed by atoms with Crippen molar-refractivity contribution in [2.75, 3.05) is 37.5 Å². The van der Waals surface area contributed by atoms with Crippen LogP contribution < -0.4 is 15.0 Å². The minimum Gasteiger partial charge on any atom is -0.497 e. The van der Waals surface area contributed by atoms with E-state index in [4.69, 9.17) is 4.74 Å². The molecule has 1 fully saturated rings. The third kappa shape index (κ3) is 3.66. The zero-order valence-corrected chi connectivity index (χ0v) is 15.4. The lowest BCUT2D eigenvalue weighted by molar-refractivity contribution is -0.157. The number of nitrogens with one attached hydrogen (secondary N) is 1. The minimum atomic E-state index is -1.35. The van der Waals surface area contributed by atoms with Gasteiger partial charge >= 0.3 is 5.97 Å². The van der Waals surface area contributed by atoms with Gasteiger partial charge < -0.3 is 25.2 Å². The number of aliphatic hydroxyl groups excluding tert-OH is 1. The monoisotopic (exact) mass is 372 g/mol. The van der Waals surface area contributed by atoms with E-state index >= 15 is 0 Å². The molecule has 1 aliphatic heterocycles. The van der Waals surface area contributed by atoms with Crippen molar-refractivity contribution in [3.8, 4) is 5.75 Å². The van der Waals surface area contributed by atoms with Crippen molar-refractivity contribution >= 4 is 17.6 Å². The van der Waals surface area contributed by atoms with Crippen molar-refractivity contribution in [2.24, 2.45) is 5.41 Å². The van der Waals surface area contributed by atoms with Gasteiger partial charge in [0.1, 0.15) is 11.2 Å². The molecule has 8 heteroatoms. The summed E-state index contributed by atoms with van der Waals surface area (Å²) in [6, 6.07) is 7.27. The minimum absolute atomic E-state index is 0.133. The van der Waals surface area contributed by atoms with E-state index < -0.39 is 17.5 Å². The highest BCUT2D eigenvalue weighted by atomic mass is 16.5. The van der Waals surface area contributed by atoms with Crippen LogP contribution >= 0.6 is 0 Å². The number of rotatable bonds is 6. The molecule has 2 heterocycles. The van der Waals surface area contributed by atoms with Crippen LogP contribution in [0.25, 0.3) is 0 Å². The highest BCUT2D eigenvalue weighted by Crippen LogP contribution is 2.37. The Morgan fingerprint density at radius 2 is 2.19 bits per heavy atom. The summed E-state index contributed by atoms with van der Waals surface area (Å²) in [6.07, 6.45) is 2.70. The first-order chi connectivity index (χ1) is 13.0. The van der Waals surface area contributed by atoms with Gasteiger partial charge in [-0.25, -0.2) is 9.97 Å². The fourth-order valence-corrected chi connectivity index (χ4v) is 3.60. The smallest absolute Gasteiger partial charge is 0.314 e. The van der Waals surface area contributed by atoms with Gasteiger partial charge in [0.2, 0.25) is 0 Å². The number of aliphatic carboxylic acids is 1. The molecule has 3 rings (SSSR count). The number of benzene rings is 1. The summed E-state index contributed by atoms with van der Waals surface area (Å²) in [5.41, 5.74) is -0.557. The van der Waals surface area contributed by atoms with Crippen LogP contribution in [0.4, 0.5) is 11.6 Å². The first-order valence-corrected chi connectivity index (χ1v) is 8.78. The number of carboxylic acids is 1. The Labute approximate surface area is 157 Å². The maximum absolute atomic E-state index is 12.3. The first-order valence-electron chi connectivity index (χ1n) is 8.78. The molecule has 1 aliphatic rings. The van der Waals surface area contributed by atoms with Crippen molar-refractivity contribution in [1.29, 1.82) is 0 Å². The second-order valence-electron chi connectivity index (χ2n) is 6.69. The van der Waals surface area contributed by atoms with Crippen LogP contribution in [0.15, 0.2) is 36.7 Å². The lowest BCUT2D eigenvalue weighted by Gasteiger charge is -2.44. The molecular weight excluding hydrogens is 348 g/mol. The Hall–Kier alpha value is -2.87. The molecule has 0 aliphatic carbocycles. The Morgan fingerprint density at radius 1 is 1.41 bits per heavy atom. The standard InChI is InChI=1S/C19H24N4O4/c1-20-16-17(22-8-7-21-16)23-9-6-15(24)19(12-23,18(25)26)11-13-4-3-5-14(10-13)27-2/h3-5,7-8,10,15,24H,6,9,11-12H2,1-2H3,(H,20,21)(H,25,26)/t15-,19+/m0/s1. The molecule has 0 spiro atoms. The van der Waals surface area contributed by atoms with Crippen LogP contribution in [0.1, 0.15) is 12.0 Å². The first kappa shape index (κ1) is 18.9. The molecular formula is C19H24N4O4. The Balaban J connectivity index is 1.95. The molecule has 0 unspecified atom stereocenters. The summed E-state index contributed by atoms with van der Waals surface area (Å²) in [5, 5.41) is 23.7. The maximum atomic E-state index is 12.3. The van der Waals surface area contributed by atoms with Gasteiger partial charge in [0.25, 0.3) is 0 Å². The highest BCUT2D eigenvalue weighted by Gasteiger charge is 2.50. The van der Waals surface area contributed by atoms with Gasteiger partial charge in [-0.1, -0.05) is 12.1 Å². The predicted octanol–water partition coefficient (Wildman–Crippen LogP) is 1.41. The number of anilines is 2. The van der Waals surface area contributed by atoms with E-state index in [1.807, 2.05) is 17.0 Å². The van der Waals surface area contributed by atoms with E-state index in [2.05, 4.69) is 15.3 Å². The summed E-state index contributed by atoms with van der Waals surface area (Å²) in [4.78, 5) is 22.8. The lowest BCUT2D eigenvalue weighted by Crippen LogP contribution is -2.57. The summed E-state index contributed by atoms with van der Waals surface area (Å²) in [7, 11) is 3.31. The average Bonchev–Trinajstić information content (AvgIpc) is 2.69. The van der Waals surface area contributed by atoms with Gasteiger partial charge in [-0.3, -0.25) is 4.79 Å². The van der Waals surface area contributed by atoms with Crippen LogP contribution in [0, 0.1) is 5.41 Å². The van der Waals surface area contributed by atoms with E-state index in [1.165, 1.54) is 0 Å². The predicted molar refractivity (Wildman–Crippen MR) is 101 cm³/mol. The molecule has 1 aromatic carbocycles. The van der Waals surface area contributed by atoms with Gasteiger partial charge in [-0.2, -0.15) is 0 Å². The summed E-state index contributed by atoms with van der Waals surface area (Å²) < 4.78 is 5.24. The van der Waals surface area contributed by atoms with Crippen LogP contribution in [-0.4, -0.2) is 59.5 Å².